The zero-order valence-electron chi connectivity index (χ0n) is 21.4. The van der Waals surface area contributed by atoms with Crippen LogP contribution < -0.4 is 10.6 Å². The number of benzene rings is 3. The minimum Gasteiger partial charge on any atom is -0.355 e. The topological polar surface area (TPSA) is 101 Å². The predicted octanol–water partition coefficient (Wildman–Crippen LogP) is 4.42. The number of hydrogen-bond donors (Lipinski definition) is 2. The predicted molar refractivity (Wildman–Crippen MR) is 153 cm³/mol. The molecule has 0 aliphatic rings. The SMILES string of the molecule is Cc1c(CC(=O)NCCN(C)C)c2cc(NC(=O)c3ccc(Br)cc3)ccc2n1S(=O)(=O)c1ccccc1. The molecular formula is C28H29BrN4O4S. The van der Waals surface area contributed by atoms with E-state index in [1.54, 1.807) is 79.7 Å². The molecule has 0 fully saturated rings. The summed E-state index contributed by atoms with van der Waals surface area (Å²) in [5, 5.41) is 6.35. The number of aromatic nitrogens is 1. The first-order valence-electron chi connectivity index (χ1n) is 12.0. The van der Waals surface area contributed by atoms with Gasteiger partial charge in [-0.1, -0.05) is 34.1 Å². The molecule has 1 aromatic heterocycles. The van der Waals surface area contributed by atoms with Gasteiger partial charge in [0.15, 0.2) is 0 Å². The van der Waals surface area contributed by atoms with Gasteiger partial charge in [-0.2, -0.15) is 0 Å². The molecule has 198 valence electrons. The monoisotopic (exact) mass is 596 g/mol. The fourth-order valence-electron chi connectivity index (χ4n) is 4.21. The van der Waals surface area contributed by atoms with E-state index in [-0.39, 0.29) is 23.1 Å². The lowest BCUT2D eigenvalue weighted by molar-refractivity contribution is -0.120. The number of carbonyl (C=O) groups is 2. The third-order valence-electron chi connectivity index (χ3n) is 6.15. The van der Waals surface area contributed by atoms with Crippen molar-refractivity contribution < 1.29 is 18.0 Å². The Bertz CT molecular complexity index is 1580. The number of likely N-dealkylation sites (N-methyl/N-ethyl adjacent to an activating group) is 1. The largest absolute Gasteiger partial charge is 0.355 e. The summed E-state index contributed by atoms with van der Waals surface area (Å²) in [6, 6.07) is 20.2. The maximum Gasteiger partial charge on any atom is 0.268 e. The van der Waals surface area contributed by atoms with Crippen molar-refractivity contribution in [2.75, 3.05) is 32.5 Å². The molecule has 2 N–H and O–H groups in total. The second kappa shape index (κ2) is 11.5. The van der Waals surface area contributed by atoms with Crippen LogP contribution in [0.2, 0.25) is 0 Å². The Morgan fingerprint density at radius 3 is 2.32 bits per heavy atom. The van der Waals surface area contributed by atoms with Crippen molar-refractivity contribution in [2.45, 2.75) is 18.2 Å². The highest BCUT2D eigenvalue weighted by molar-refractivity contribution is 9.10. The normalized spacial score (nSPS) is 11.6. The summed E-state index contributed by atoms with van der Waals surface area (Å²) in [6.07, 6.45) is -0.00279. The quantitative estimate of drug-likeness (QED) is 0.298. The third-order valence-corrected chi connectivity index (χ3v) is 8.49. The first-order chi connectivity index (χ1) is 18.1. The number of rotatable bonds is 9. The van der Waals surface area contributed by atoms with Crippen molar-refractivity contribution in [3.63, 3.8) is 0 Å². The van der Waals surface area contributed by atoms with E-state index in [2.05, 4.69) is 26.6 Å². The van der Waals surface area contributed by atoms with Crippen LogP contribution in [0.1, 0.15) is 21.6 Å². The molecule has 0 saturated heterocycles. The van der Waals surface area contributed by atoms with Crippen molar-refractivity contribution in [3.05, 3.63) is 94.1 Å². The zero-order valence-corrected chi connectivity index (χ0v) is 23.8. The number of halogens is 1. The van der Waals surface area contributed by atoms with Crippen LogP contribution in [0.25, 0.3) is 10.9 Å². The minimum absolute atomic E-state index is 0.00279. The van der Waals surface area contributed by atoms with Gasteiger partial charge < -0.3 is 15.5 Å². The highest BCUT2D eigenvalue weighted by atomic mass is 79.9. The summed E-state index contributed by atoms with van der Waals surface area (Å²) >= 11 is 3.36. The summed E-state index contributed by atoms with van der Waals surface area (Å²) in [5.41, 5.74) is 2.44. The number of carbonyl (C=O) groups excluding carboxylic acids is 2. The highest BCUT2D eigenvalue weighted by Crippen LogP contribution is 2.32. The third kappa shape index (κ3) is 5.98. The van der Waals surface area contributed by atoms with E-state index in [0.29, 0.717) is 46.5 Å². The summed E-state index contributed by atoms with van der Waals surface area (Å²) in [4.78, 5) is 27.8. The molecule has 4 aromatic rings. The Morgan fingerprint density at radius 2 is 1.66 bits per heavy atom. The van der Waals surface area contributed by atoms with Crippen LogP contribution in [0.15, 0.2) is 82.2 Å². The van der Waals surface area contributed by atoms with Gasteiger partial charge in [-0.3, -0.25) is 9.59 Å². The number of amides is 2. The zero-order chi connectivity index (χ0) is 27.4. The molecule has 0 radical (unpaired) electrons. The fraction of sp³-hybridized carbons (Fsp3) is 0.214. The van der Waals surface area contributed by atoms with E-state index in [0.717, 1.165) is 4.47 Å². The van der Waals surface area contributed by atoms with Crippen LogP contribution in [0.5, 0.6) is 0 Å². The van der Waals surface area contributed by atoms with Crippen molar-refractivity contribution >= 4 is 54.4 Å². The molecule has 3 aromatic carbocycles. The average molecular weight is 598 g/mol. The molecule has 0 saturated carbocycles. The Kier molecular flexibility index (Phi) is 8.35. The molecule has 10 heteroatoms. The minimum atomic E-state index is -3.94. The molecule has 0 unspecified atom stereocenters. The molecule has 2 amide bonds. The number of nitrogens with one attached hydrogen (secondary N) is 2. The first-order valence-corrected chi connectivity index (χ1v) is 14.2. The highest BCUT2D eigenvalue weighted by Gasteiger charge is 2.26. The summed E-state index contributed by atoms with van der Waals surface area (Å²) in [5.74, 6) is -0.511. The second-order valence-electron chi connectivity index (χ2n) is 9.17. The maximum atomic E-state index is 13.7. The van der Waals surface area contributed by atoms with Crippen LogP contribution in [0.4, 0.5) is 5.69 Å². The molecular weight excluding hydrogens is 568 g/mol. The summed E-state index contributed by atoms with van der Waals surface area (Å²) in [7, 11) is -0.0977. The average Bonchev–Trinajstić information content (AvgIpc) is 3.15. The van der Waals surface area contributed by atoms with E-state index in [9.17, 15) is 18.0 Å². The van der Waals surface area contributed by atoms with Crippen LogP contribution in [-0.2, 0) is 21.2 Å². The number of hydrogen-bond acceptors (Lipinski definition) is 5. The van der Waals surface area contributed by atoms with Gasteiger partial charge in [0.1, 0.15) is 0 Å². The molecule has 8 nitrogen and oxygen atoms in total. The Labute approximate surface area is 230 Å². The summed E-state index contributed by atoms with van der Waals surface area (Å²) in [6.45, 7) is 2.85. The van der Waals surface area contributed by atoms with E-state index >= 15 is 0 Å². The molecule has 0 aliphatic carbocycles. The van der Waals surface area contributed by atoms with Crippen LogP contribution >= 0.6 is 15.9 Å². The van der Waals surface area contributed by atoms with Gasteiger partial charge in [-0.15, -0.1) is 0 Å². The van der Waals surface area contributed by atoms with Gasteiger partial charge in [0.25, 0.3) is 15.9 Å². The lowest BCUT2D eigenvalue weighted by atomic mass is 10.1. The van der Waals surface area contributed by atoms with Crippen LogP contribution in [0, 0.1) is 6.92 Å². The molecule has 0 atom stereocenters. The first kappa shape index (κ1) is 27.6. The van der Waals surface area contributed by atoms with E-state index in [4.69, 9.17) is 0 Å². The van der Waals surface area contributed by atoms with Gasteiger partial charge in [-0.25, -0.2) is 12.4 Å². The number of fused-ring (bicyclic) bond motifs is 1. The summed E-state index contributed by atoms with van der Waals surface area (Å²) < 4.78 is 29.5. The molecule has 0 bridgehead atoms. The molecule has 38 heavy (non-hydrogen) atoms. The number of anilines is 1. The van der Waals surface area contributed by atoms with E-state index < -0.39 is 10.0 Å². The molecule has 0 aliphatic heterocycles. The van der Waals surface area contributed by atoms with Crippen molar-refractivity contribution in [3.8, 4) is 0 Å². The van der Waals surface area contributed by atoms with Gasteiger partial charge in [0, 0.05) is 39.9 Å². The Balaban J connectivity index is 1.76. The molecule has 0 spiro atoms. The van der Waals surface area contributed by atoms with Gasteiger partial charge >= 0.3 is 0 Å². The second-order valence-corrected chi connectivity index (χ2v) is 11.9. The van der Waals surface area contributed by atoms with Crippen LogP contribution in [0.3, 0.4) is 0 Å². The molecule has 1 heterocycles. The maximum absolute atomic E-state index is 13.7. The van der Waals surface area contributed by atoms with Gasteiger partial charge in [0.05, 0.1) is 16.8 Å². The Morgan fingerprint density at radius 1 is 0.974 bits per heavy atom. The van der Waals surface area contributed by atoms with Gasteiger partial charge in [0.2, 0.25) is 5.91 Å². The number of nitrogens with zero attached hydrogens (tertiary/aromatic N) is 2. The van der Waals surface area contributed by atoms with Crippen molar-refractivity contribution in [1.29, 1.82) is 0 Å². The fourth-order valence-corrected chi connectivity index (χ4v) is 6.07. The smallest absolute Gasteiger partial charge is 0.268 e. The standard InChI is InChI=1S/C28H29BrN4O4S/c1-19-24(18-27(34)30-15-16-32(2)3)25-17-22(31-28(35)20-9-11-21(29)12-10-20)13-14-26(25)33(19)38(36,37)23-7-5-4-6-8-23/h4-14,17H,15-16,18H2,1-3H3,(H,30,34)(H,31,35). The molecule has 4 rings (SSSR count). The van der Waals surface area contributed by atoms with Gasteiger partial charge in [-0.05, 0) is 81.2 Å². The van der Waals surface area contributed by atoms with E-state index in [1.807, 2.05) is 19.0 Å². The van der Waals surface area contributed by atoms with E-state index in [1.165, 1.54) is 3.97 Å². The van der Waals surface area contributed by atoms with Crippen molar-refractivity contribution in [2.24, 2.45) is 0 Å². The Hall–Kier alpha value is -3.47. The lowest BCUT2D eigenvalue weighted by Gasteiger charge is -2.11. The van der Waals surface area contributed by atoms with Crippen LogP contribution in [-0.4, -0.2) is 56.3 Å². The lowest BCUT2D eigenvalue weighted by Crippen LogP contribution is -2.32. The van der Waals surface area contributed by atoms with Crippen molar-refractivity contribution in [1.82, 2.24) is 14.2 Å².